The number of hydrogen-bond acceptors (Lipinski definition) is 3. The number of nitrogens with two attached hydrogens (primary N) is 1. The molecule has 0 spiro atoms. The second kappa shape index (κ2) is 5.26. The van der Waals surface area contributed by atoms with Crippen LogP contribution in [0.3, 0.4) is 0 Å². The van der Waals surface area contributed by atoms with E-state index >= 15 is 0 Å². The molecule has 0 radical (unpaired) electrons. The maximum absolute atomic E-state index is 8.82. The Hall–Kier alpha value is -2.47. The highest BCUT2D eigenvalue weighted by molar-refractivity contribution is 5.57. The van der Waals surface area contributed by atoms with Gasteiger partial charge in [0.15, 0.2) is 0 Å². The molecular formula is C17H18N2O. The van der Waals surface area contributed by atoms with Gasteiger partial charge in [0.25, 0.3) is 0 Å². The van der Waals surface area contributed by atoms with E-state index in [0.717, 1.165) is 5.75 Å². The third kappa shape index (κ3) is 3.10. The minimum Gasteiger partial charge on any atom is -0.455 e. The van der Waals surface area contributed by atoms with E-state index in [1.54, 1.807) is 18.2 Å². The minimum absolute atomic E-state index is 0.0651. The highest BCUT2D eigenvalue weighted by atomic mass is 16.5. The molecule has 0 saturated carbocycles. The summed E-state index contributed by atoms with van der Waals surface area (Å²) in [5.74, 6) is 1.31. The molecule has 0 saturated heterocycles. The van der Waals surface area contributed by atoms with Gasteiger partial charge in [-0.1, -0.05) is 32.9 Å². The molecule has 20 heavy (non-hydrogen) atoms. The van der Waals surface area contributed by atoms with Crippen LogP contribution in [0.15, 0.2) is 42.5 Å². The van der Waals surface area contributed by atoms with Gasteiger partial charge in [0, 0.05) is 0 Å². The topological polar surface area (TPSA) is 59.0 Å². The Morgan fingerprint density at radius 1 is 1.10 bits per heavy atom. The van der Waals surface area contributed by atoms with Gasteiger partial charge >= 0.3 is 0 Å². The molecule has 0 aliphatic carbocycles. The quantitative estimate of drug-likeness (QED) is 0.827. The van der Waals surface area contributed by atoms with E-state index in [2.05, 4.69) is 32.9 Å². The van der Waals surface area contributed by atoms with Crippen molar-refractivity contribution in [2.24, 2.45) is 0 Å². The van der Waals surface area contributed by atoms with Crippen LogP contribution in [0.25, 0.3) is 0 Å². The first-order valence-electron chi connectivity index (χ1n) is 6.48. The van der Waals surface area contributed by atoms with Crippen molar-refractivity contribution >= 4 is 5.69 Å². The van der Waals surface area contributed by atoms with Gasteiger partial charge in [-0.2, -0.15) is 5.26 Å². The van der Waals surface area contributed by atoms with Gasteiger partial charge < -0.3 is 10.5 Å². The zero-order valence-corrected chi connectivity index (χ0v) is 12.0. The average molecular weight is 266 g/mol. The Balaban J connectivity index is 2.29. The van der Waals surface area contributed by atoms with Gasteiger partial charge in [-0.15, -0.1) is 0 Å². The number of benzene rings is 2. The Kier molecular flexibility index (Phi) is 3.67. The van der Waals surface area contributed by atoms with E-state index in [4.69, 9.17) is 15.7 Å². The van der Waals surface area contributed by atoms with Crippen molar-refractivity contribution in [3.05, 3.63) is 53.6 Å². The highest BCUT2D eigenvalue weighted by Gasteiger charge is 2.14. The van der Waals surface area contributed by atoms with Gasteiger partial charge in [0.1, 0.15) is 11.5 Å². The predicted molar refractivity (Wildman–Crippen MR) is 80.8 cm³/mol. The maximum Gasteiger partial charge on any atom is 0.150 e. The van der Waals surface area contributed by atoms with Gasteiger partial charge in [0.2, 0.25) is 0 Å². The van der Waals surface area contributed by atoms with Gasteiger partial charge in [-0.3, -0.25) is 0 Å². The summed E-state index contributed by atoms with van der Waals surface area (Å²) < 4.78 is 5.81. The summed E-state index contributed by atoms with van der Waals surface area (Å²) in [6, 6.07) is 15.0. The number of hydrogen-bond donors (Lipinski definition) is 1. The Morgan fingerprint density at radius 3 is 2.45 bits per heavy atom. The predicted octanol–water partition coefficient (Wildman–Crippen LogP) is 4.23. The van der Waals surface area contributed by atoms with Gasteiger partial charge in [0.05, 0.1) is 17.3 Å². The van der Waals surface area contributed by atoms with E-state index in [1.165, 1.54) is 5.56 Å². The number of nitrogens with zero attached hydrogens (tertiary/aromatic N) is 1. The lowest BCUT2D eigenvalue weighted by Gasteiger charge is -2.20. The molecule has 0 atom stereocenters. The van der Waals surface area contributed by atoms with E-state index in [9.17, 15) is 0 Å². The first-order chi connectivity index (χ1) is 9.40. The monoisotopic (exact) mass is 266 g/mol. The number of rotatable bonds is 2. The van der Waals surface area contributed by atoms with Crippen LogP contribution in [0.2, 0.25) is 0 Å². The Labute approximate surface area is 119 Å². The fraction of sp³-hybridized carbons (Fsp3) is 0.235. The highest BCUT2D eigenvalue weighted by Crippen LogP contribution is 2.31. The summed E-state index contributed by atoms with van der Waals surface area (Å²) in [5.41, 5.74) is 8.14. The van der Waals surface area contributed by atoms with Crippen LogP contribution >= 0.6 is 0 Å². The van der Waals surface area contributed by atoms with Crippen LogP contribution in [0.5, 0.6) is 11.5 Å². The number of nitrogen functional groups attached to an aromatic ring is 1. The average Bonchev–Trinajstić information content (AvgIpc) is 2.40. The molecule has 0 amide bonds. The largest absolute Gasteiger partial charge is 0.455 e. The Bertz CT molecular complexity index is 663. The molecule has 3 nitrogen and oxygen atoms in total. The summed E-state index contributed by atoms with van der Waals surface area (Å²) in [6.07, 6.45) is 0. The summed E-state index contributed by atoms with van der Waals surface area (Å²) in [6.45, 7) is 6.46. The van der Waals surface area contributed by atoms with Crippen molar-refractivity contribution in [2.45, 2.75) is 26.2 Å². The van der Waals surface area contributed by atoms with Crippen molar-refractivity contribution in [3.63, 3.8) is 0 Å². The van der Waals surface area contributed by atoms with Crippen LogP contribution in [0, 0.1) is 11.3 Å². The molecule has 2 aromatic carbocycles. The zero-order chi connectivity index (χ0) is 14.8. The molecule has 0 aromatic heterocycles. The van der Waals surface area contributed by atoms with Crippen LogP contribution in [0.1, 0.15) is 31.9 Å². The molecular weight excluding hydrogens is 248 g/mol. The maximum atomic E-state index is 8.82. The van der Waals surface area contributed by atoms with Crippen molar-refractivity contribution in [2.75, 3.05) is 5.73 Å². The second-order valence-corrected chi connectivity index (χ2v) is 5.74. The Morgan fingerprint density at radius 2 is 1.85 bits per heavy atom. The zero-order valence-electron chi connectivity index (χ0n) is 12.0. The lowest BCUT2D eigenvalue weighted by Crippen LogP contribution is -2.10. The lowest BCUT2D eigenvalue weighted by atomic mass is 9.87. The van der Waals surface area contributed by atoms with E-state index in [1.807, 2.05) is 18.2 Å². The number of ether oxygens (including phenoxy) is 1. The second-order valence-electron chi connectivity index (χ2n) is 5.74. The first-order valence-corrected chi connectivity index (χ1v) is 6.48. The fourth-order valence-electron chi connectivity index (χ4n) is 1.86. The van der Waals surface area contributed by atoms with Crippen LogP contribution < -0.4 is 10.5 Å². The molecule has 0 heterocycles. The third-order valence-corrected chi connectivity index (χ3v) is 3.07. The third-order valence-electron chi connectivity index (χ3n) is 3.07. The normalized spacial score (nSPS) is 10.9. The lowest BCUT2D eigenvalue weighted by molar-refractivity contribution is 0.481. The first kappa shape index (κ1) is 14.0. The fourth-order valence-corrected chi connectivity index (χ4v) is 1.86. The molecule has 2 rings (SSSR count). The van der Waals surface area contributed by atoms with E-state index in [-0.39, 0.29) is 5.41 Å². The SMILES string of the molecule is CC(C)(C)c1cccc(Oc2ccc(C#N)cc2N)c1. The summed E-state index contributed by atoms with van der Waals surface area (Å²) in [5, 5.41) is 8.82. The summed E-state index contributed by atoms with van der Waals surface area (Å²) in [7, 11) is 0. The van der Waals surface area contributed by atoms with Crippen molar-refractivity contribution < 1.29 is 4.74 Å². The standard InChI is InChI=1S/C17H18N2O/c1-17(2,3)13-5-4-6-14(10-13)20-16-8-7-12(11-18)9-15(16)19/h4-10H,19H2,1-3H3. The number of anilines is 1. The minimum atomic E-state index is 0.0651. The van der Waals surface area contributed by atoms with Crippen LogP contribution in [0.4, 0.5) is 5.69 Å². The molecule has 2 N–H and O–H groups in total. The molecule has 0 bridgehead atoms. The molecule has 0 fully saturated rings. The van der Waals surface area contributed by atoms with Gasteiger partial charge in [-0.25, -0.2) is 0 Å². The smallest absolute Gasteiger partial charge is 0.150 e. The summed E-state index contributed by atoms with van der Waals surface area (Å²) >= 11 is 0. The van der Waals surface area contributed by atoms with Crippen molar-refractivity contribution in [1.29, 1.82) is 5.26 Å². The summed E-state index contributed by atoms with van der Waals surface area (Å²) in [4.78, 5) is 0. The van der Waals surface area contributed by atoms with Gasteiger partial charge in [-0.05, 0) is 41.3 Å². The van der Waals surface area contributed by atoms with Crippen LogP contribution in [-0.4, -0.2) is 0 Å². The van der Waals surface area contributed by atoms with Crippen molar-refractivity contribution in [1.82, 2.24) is 0 Å². The number of nitriles is 1. The van der Waals surface area contributed by atoms with Crippen molar-refractivity contribution in [3.8, 4) is 17.6 Å². The van der Waals surface area contributed by atoms with E-state index < -0.39 is 0 Å². The molecule has 102 valence electrons. The molecule has 3 heteroatoms. The van der Waals surface area contributed by atoms with Crippen LogP contribution in [-0.2, 0) is 5.41 Å². The molecule has 0 aliphatic rings. The molecule has 2 aromatic rings. The molecule has 0 aliphatic heterocycles. The van der Waals surface area contributed by atoms with E-state index in [0.29, 0.717) is 17.0 Å². The molecule has 0 unspecified atom stereocenters.